The summed E-state index contributed by atoms with van der Waals surface area (Å²) in [5.74, 6) is 0.620. The van der Waals surface area contributed by atoms with Crippen LogP contribution in [0.25, 0.3) is 0 Å². The first-order valence-electron chi connectivity index (χ1n) is 5.73. The second-order valence-corrected chi connectivity index (χ2v) is 4.25. The van der Waals surface area contributed by atoms with Crippen LogP contribution in [0.3, 0.4) is 0 Å². The Hall–Kier alpha value is -1.09. The smallest absolute Gasteiger partial charge is 0.167 e. The lowest BCUT2D eigenvalue weighted by Crippen LogP contribution is -2.21. The van der Waals surface area contributed by atoms with Crippen LogP contribution in [-0.4, -0.2) is 19.8 Å². The summed E-state index contributed by atoms with van der Waals surface area (Å²) in [7, 11) is 0. The van der Waals surface area contributed by atoms with Gasteiger partial charge in [0.05, 0.1) is 6.61 Å². The highest BCUT2D eigenvalue weighted by Crippen LogP contribution is 2.22. The quantitative estimate of drug-likeness (QED) is 0.786. The lowest BCUT2D eigenvalue weighted by Gasteiger charge is -2.22. The second kappa shape index (κ2) is 5.30. The summed E-state index contributed by atoms with van der Waals surface area (Å²) in [6.45, 7) is 3.93. The minimum Gasteiger partial charge on any atom is -0.490 e. The second-order valence-electron chi connectivity index (χ2n) is 4.25. The van der Waals surface area contributed by atoms with E-state index < -0.39 is 0 Å². The van der Waals surface area contributed by atoms with Crippen LogP contribution in [0.15, 0.2) is 18.2 Å². The van der Waals surface area contributed by atoms with Gasteiger partial charge in [0.1, 0.15) is 0 Å². The van der Waals surface area contributed by atoms with Crippen LogP contribution in [0.5, 0.6) is 5.75 Å². The largest absolute Gasteiger partial charge is 0.490 e. The SMILES string of the molecule is Cc1cccc(OCC2CCOCC2)c1F. The van der Waals surface area contributed by atoms with Crippen molar-refractivity contribution in [2.45, 2.75) is 19.8 Å². The topological polar surface area (TPSA) is 18.5 Å². The maximum absolute atomic E-state index is 13.6. The van der Waals surface area contributed by atoms with Gasteiger partial charge in [0.15, 0.2) is 11.6 Å². The third-order valence-corrected chi connectivity index (χ3v) is 2.97. The van der Waals surface area contributed by atoms with Crippen molar-refractivity contribution in [3.63, 3.8) is 0 Å². The monoisotopic (exact) mass is 224 g/mol. The van der Waals surface area contributed by atoms with Gasteiger partial charge in [-0.2, -0.15) is 0 Å². The summed E-state index contributed by atoms with van der Waals surface area (Å²) in [5.41, 5.74) is 0.629. The van der Waals surface area contributed by atoms with Gasteiger partial charge in [-0.1, -0.05) is 12.1 Å². The molecule has 3 heteroatoms. The number of benzene rings is 1. The van der Waals surface area contributed by atoms with Crippen molar-refractivity contribution in [1.82, 2.24) is 0 Å². The molecule has 0 aliphatic carbocycles. The average Bonchev–Trinajstić information content (AvgIpc) is 2.32. The van der Waals surface area contributed by atoms with E-state index in [2.05, 4.69) is 0 Å². The molecule has 0 unspecified atom stereocenters. The molecule has 88 valence electrons. The molecule has 1 aliphatic rings. The van der Waals surface area contributed by atoms with E-state index in [1.165, 1.54) is 0 Å². The normalized spacial score (nSPS) is 17.4. The van der Waals surface area contributed by atoms with Crippen molar-refractivity contribution in [2.75, 3.05) is 19.8 Å². The highest BCUT2D eigenvalue weighted by molar-refractivity contribution is 5.30. The molecule has 16 heavy (non-hydrogen) atoms. The van der Waals surface area contributed by atoms with Gasteiger partial charge in [0.2, 0.25) is 0 Å². The summed E-state index contributed by atoms with van der Waals surface area (Å²) in [5, 5.41) is 0. The Morgan fingerprint density at radius 1 is 1.38 bits per heavy atom. The van der Waals surface area contributed by atoms with Gasteiger partial charge in [0, 0.05) is 13.2 Å². The minimum atomic E-state index is -0.241. The molecule has 0 atom stereocenters. The Morgan fingerprint density at radius 2 is 2.12 bits per heavy atom. The van der Waals surface area contributed by atoms with E-state index in [0.717, 1.165) is 26.1 Å². The molecule has 0 aromatic heterocycles. The summed E-state index contributed by atoms with van der Waals surface area (Å²) in [4.78, 5) is 0. The van der Waals surface area contributed by atoms with E-state index in [9.17, 15) is 4.39 Å². The number of ether oxygens (including phenoxy) is 2. The minimum absolute atomic E-state index is 0.241. The highest BCUT2D eigenvalue weighted by Gasteiger charge is 2.15. The summed E-state index contributed by atoms with van der Waals surface area (Å²) in [6.07, 6.45) is 2.01. The van der Waals surface area contributed by atoms with Crippen molar-refractivity contribution in [3.05, 3.63) is 29.6 Å². The van der Waals surface area contributed by atoms with Gasteiger partial charge in [0.25, 0.3) is 0 Å². The van der Waals surface area contributed by atoms with Crippen LogP contribution in [0.2, 0.25) is 0 Å². The van der Waals surface area contributed by atoms with E-state index in [4.69, 9.17) is 9.47 Å². The fourth-order valence-electron chi connectivity index (χ4n) is 1.85. The Labute approximate surface area is 95.4 Å². The van der Waals surface area contributed by atoms with E-state index in [1.54, 1.807) is 19.1 Å². The molecular formula is C13H17FO2. The Bertz CT molecular complexity index is 346. The Balaban J connectivity index is 1.91. The van der Waals surface area contributed by atoms with E-state index in [-0.39, 0.29) is 5.82 Å². The van der Waals surface area contributed by atoms with Crippen LogP contribution in [0.1, 0.15) is 18.4 Å². The van der Waals surface area contributed by atoms with Crippen LogP contribution >= 0.6 is 0 Å². The zero-order chi connectivity index (χ0) is 11.4. The van der Waals surface area contributed by atoms with Crippen molar-refractivity contribution in [2.24, 2.45) is 5.92 Å². The average molecular weight is 224 g/mol. The third-order valence-electron chi connectivity index (χ3n) is 2.97. The van der Waals surface area contributed by atoms with E-state index in [1.807, 2.05) is 6.07 Å². The predicted octanol–water partition coefficient (Wildman–Crippen LogP) is 2.94. The molecule has 0 radical (unpaired) electrons. The van der Waals surface area contributed by atoms with Gasteiger partial charge in [-0.15, -0.1) is 0 Å². The zero-order valence-corrected chi connectivity index (χ0v) is 9.54. The highest BCUT2D eigenvalue weighted by atomic mass is 19.1. The molecule has 2 rings (SSSR count). The van der Waals surface area contributed by atoms with Crippen LogP contribution < -0.4 is 4.74 Å². The van der Waals surface area contributed by atoms with Crippen LogP contribution in [-0.2, 0) is 4.74 Å². The number of aryl methyl sites for hydroxylation is 1. The molecule has 0 saturated carbocycles. The maximum atomic E-state index is 13.6. The molecule has 1 aromatic carbocycles. The van der Waals surface area contributed by atoms with Crippen LogP contribution in [0.4, 0.5) is 4.39 Å². The molecule has 0 N–H and O–H groups in total. The van der Waals surface area contributed by atoms with Crippen molar-refractivity contribution >= 4 is 0 Å². The first-order valence-corrected chi connectivity index (χ1v) is 5.73. The molecule has 1 aromatic rings. The maximum Gasteiger partial charge on any atom is 0.167 e. The molecule has 1 heterocycles. The number of rotatable bonds is 3. The first-order chi connectivity index (χ1) is 7.77. The number of halogens is 1. The molecule has 0 bridgehead atoms. The zero-order valence-electron chi connectivity index (χ0n) is 9.54. The van der Waals surface area contributed by atoms with Crippen molar-refractivity contribution in [1.29, 1.82) is 0 Å². The standard InChI is InChI=1S/C13H17FO2/c1-10-3-2-4-12(13(10)14)16-9-11-5-7-15-8-6-11/h2-4,11H,5-9H2,1H3. The molecule has 0 amide bonds. The number of hydrogen-bond donors (Lipinski definition) is 0. The van der Waals surface area contributed by atoms with E-state index in [0.29, 0.717) is 23.8 Å². The Kier molecular flexibility index (Phi) is 3.78. The fraction of sp³-hybridized carbons (Fsp3) is 0.538. The molecule has 1 saturated heterocycles. The molecule has 1 fully saturated rings. The van der Waals surface area contributed by atoms with Gasteiger partial charge in [-0.3, -0.25) is 0 Å². The summed E-state index contributed by atoms with van der Waals surface area (Å²) < 4.78 is 24.4. The van der Waals surface area contributed by atoms with Crippen molar-refractivity contribution < 1.29 is 13.9 Å². The molecule has 1 aliphatic heterocycles. The summed E-state index contributed by atoms with van der Waals surface area (Å²) >= 11 is 0. The van der Waals surface area contributed by atoms with Gasteiger partial charge >= 0.3 is 0 Å². The summed E-state index contributed by atoms with van der Waals surface area (Å²) in [6, 6.07) is 5.25. The molecule has 2 nitrogen and oxygen atoms in total. The Morgan fingerprint density at radius 3 is 2.88 bits per heavy atom. The molecular weight excluding hydrogens is 207 g/mol. The third kappa shape index (κ3) is 2.73. The lowest BCUT2D eigenvalue weighted by molar-refractivity contribution is 0.0491. The number of hydrogen-bond acceptors (Lipinski definition) is 2. The predicted molar refractivity (Wildman–Crippen MR) is 60.2 cm³/mol. The van der Waals surface area contributed by atoms with Crippen LogP contribution in [0, 0.1) is 18.7 Å². The van der Waals surface area contributed by atoms with Gasteiger partial charge in [-0.05, 0) is 37.3 Å². The van der Waals surface area contributed by atoms with Gasteiger partial charge < -0.3 is 9.47 Å². The van der Waals surface area contributed by atoms with Gasteiger partial charge in [-0.25, -0.2) is 4.39 Å². The van der Waals surface area contributed by atoms with Crippen molar-refractivity contribution in [3.8, 4) is 5.75 Å². The van der Waals surface area contributed by atoms with E-state index >= 15 is 0 Å². The lowest BCUT2D eigenvalue weighted by atomic mass is 10.0. The molecule has 0 spiro atoms. The fourth-order valence-corrected chi connectivity index (χ4v) is 1.85. The first kappa shape index (κ1) is 11.4.